The molecule has 0 atom stereocenters. The number of benzene rings is 2. The lowest BCUT2D eigenvalue weighted by Crippen LogP contribution is -2.00. The molecule has 0 fully saturated rings. The van der Waals surface area contributed by atoms with Gasteiger partial charge in [-0.3, -0.25) is 5.43 Å². The second-order valence-corrected chi connectivity index (χ2v) is 4.31. The van der Waals surface area contributed by atoms with E-state index in [4.69, 9.17) is 16.7 Å². The normalized spacial score (nSPS) is 10.7. The minimum Gasteiger partial charge on any atom is -0.872 e. The molecule has 2 rings (SSSR count). The Balaban J connectivity index is 2.14. The fourth-order valence-electron chi connectivity index (χ4n) is 1.52. The van der Waals surface area contributed by atoms with Crippen LogP contribution >= 0.6 is 11.6 Å². The molecule has 6 heteroatoms. The first kappa shape index (κ1) is 13.9. The van der Waals surface area contributed by atoms with Gasteiger partial charge in [0.05, 0.1) is 22.5 Å². The number of carbonyl (C=O) groups is 1. The second-order valence-electron chi connectivity index (χ2n) is 3.91. The molecule has 5 nitrogen and oxygen atoms in total. The molecule has 2 aromatic rings. The quantitative estimate of drug-likeness (QED) is 0.669. The molecule has 0 aliphatic heterocycles. The third-order valence-electron chi connectivity index (χ3n) is 2.51. The maximum atomic E-state index is 11.4. The fourth-order valence-corrected chi connectivity index (χ4v) is 1.72. The van der Waals surface area contributed by atoms with E-state index in [1.165, 1.54) is 24.4 Å². The number of nitrogens with one attached hydrogen (secondary N) is 1. The minimum absolute atomic E-state index is 0.0175. The van der Waals surface area contributed by atoms with Crippen molar-refractivity contribution in [1.29, 1.82) is 0 Å². The lowest BCUT2D eigenvalue weighted by Gasteiger charge is -2.08. The number of hydrogen-bond acceptors (Lipinski definition) is 4. The average molecular weight is 290 g/mol. The van der Waals surface area contributed by atoms with Gasteiger partial charge >= 0.3 is 5.97 Å². The Morgan fingerprint density at radius 1 is 1.30 bits per heavy atom. The molecule has 0 aromatic heterocycles. The van der Waals surface area contributed by atoms with Gasteiger partial charge in [0.1, 0.15) is 0 Å². The summed E-state index contributed by atoms with van der Waals surface area (Å²) in [6.07, 6.45) is 1.37. The summed E-state index contributed by atoms with van der Waals surface area (Å²) in [6.45, 7) is 0. The van der Waals surface area contributed by atoms with Crippen LogP contribution in [-0.2, 0) is 0 Å². The SMILES string of the molecule is O=C(O)c1cc(N/N=C/c2ccccc2[O-])ccc1Cl. The highest BCUT2D eigenvalue weighted by Crippen LogP contribution is 2.20. The molecule has 0 aliphatic carbocycles. The van der Waals surface area contributed by atoms with Crippen molar-refractivity contribution in [2.24, 2.45) is 5.10 Å². The van der Waals surface area contributed by atoms with Crippen molar-refractivity contribution in [1.82, 2.24) is 0 Å². The van der Waals surface area contributed by atoms with Crippen molar-refractivity contribution in [3.63, 3.8) is 0 Å². The number of carboxylic acid groups (broad SMARTS) is 1. The number of nitrogens with zero attached hydrogens (tertiary/aromatic N) is 1. The van der Waals surface area contributed by atoms with Crippen molar-refractivity contribution in [2.75, 3.05) is 5.43 Å². The van der Waals surface area contributed by atoms with Crippen molar-refractivity contribution >= 4 is 29.5 Å². The molecule has 20 heavy (non-hydrogen) atoms. The van der Waals surface area contributed by atoms with E-state index in [-0.39, 0.29) is 16.3 Å². The zero-order chi connectivity index (χ0) is 14.5. The highest BCUT2D eigenvalue weighted by Gasteiger charge is 2.08. The Hall–Kier alpha value is -2.53. The van der Waals surface area contributed by atoms with E-state index >= 15 is 0 Å². The van der Waals surface area contributed by atoms with Gasteiger partial charge in [0, 0.05) is 0 Å². The van der Waals surface area contributed by atoms with Crippen LogP contribution in [0, 0.1) is 0 Å². The molecule has 0 amide bonds. The molecule has 0 bridgehead atoms. The molecule has 102 valence electrons. The first-order valence-corrected chi connectivity index (χ1v) is 6.03. The van der Waals surface area contributed by atoms with Gasteiger partial charge in [0.15, 0.2) is 0 Å². The molecular weight excluding hydrogens is 280 g/mol. The summed E-state index contributed by atoms with van der Waals surface area (Å²) in [5.41, 5.74) is 3.54. The summed E-state index contributed by atoms with van der Waals surface area (Å²) >= 11 is 5.75. The Labute approximate surface area is 120 Å². The largest absolute Gasteiger partial charge is 0.872 e. The van der Waals surface area contributed by atoms with Crippen LogP contribution in [0.2, 0.25) is 5.02 Å². The van der Waals surface area contributed by atoms with E-state index in [2.05, 4.69) is 10.5 Å². The zero-order valence-electron chi connectivity index (χ0n) is 10.2. The molecule has 0 radical (unpaired) electrons. The highest BCUT2D eigenvalue weighted by molar-refractivity contribution is 6.33. The summed E-state index contributed by atoms with van der Waals surface area (Å²) in [4.78, 5) is 10.9. The monoisotopic (exact) mass is 289 g/mol. The number of hydrogen-bond donors (Lipinski definition) is 2. The Morgan fingerprint density at radius 2 is 2.05 bits per heavy atom. The second kappa shape index (κ2) is 6.08. The molecule has 2 N–H and O–H groups in total. The molecule has 0 aliphatic rings. The van der Waals surface area contributed by atoms with Crippen LogP contribution in [0.15, 0.2) is 47.6 Å². The summed E-state index contributed by atoms with van der Waals surface area (Å²) in [7, 11) is 0. The van der Waals surface area contributed by atoms with Crippen LogP contribution in [0.25, 0.3) is 0 Å². The number of hydrazone groups is 1. The van der Waals surface area contributed by atoms with Crippen molar-refractivity contribution in [3.8, 4) is 5.75 Å². The standard InChI is InChI=1S/C14H11ClN2O3/c15-12-6-5-10(7-11(12)14(19)20)17-16-8-9-3-1-2-4-13(9)18/h1-8,17-18H,(H,19,20)/p-1/b16-8+. The van der Waals surface area contributed by atoms with Gasteiger partial charge in [-0.2, -0.15) is 5.10 Å². The number of para-hydroxylation sites is 1. The Morgan fingerprint density at radius 3 is 2.75 bits per heavy atom. The van der Waals surface area contributed by atoms with E-state index in [0.717, 1.165) is 0 Å². The van der Waals surface area contributed by atoms with Gasteiger partial charge in [-0.25, -0.2) is 4.79 Å². The lowest BCUT2D eigenvalue weighted by atomic mass is 10.2. The molecule has 0 saturated heterocycles. The van der Waals surface area contributed by atoms with Crippen molar-refractivity contribution < 1.29 is 15.0 Å². The van der Waals surface area contributed by atoms with Crippen molar-refractivity contribution in [2.45, 2.75) is 0 Å². The molecule has 0 heterocycles. The van der Waals surface area contributed by atoms with E-state index in [0.29, 0.717) is 11.3 Å². The Kier molecular flexibility index (Phi) is 4.22. The first-order chi connectivity index (χ1) is 9.58. The third-order valence-corrected chi connectivity index (χ3v) is 2.84. The summed E-state index contributed by atoms with van der Waals surface area (Å²) < 4.78 is 0. The smallest absolute Gasteiger partial charge is 0.337 e. The van der Waals surface area contributed by atoms with Crippen molar-refractivity contribution in [3.05, 3.63) is 58.6 Å². The van der Waals surface area contributed by atoms with E-state index in [9.17, 15) is 9.90 Å². The highest BCUT2D eigenvalue weighted by atomic mass is 35.5. The zero-order valence-corrected chi connectivity index (χ0v) is 11.0. The fraction of sp³-hybridized carbons (Fsp3) is 0. The van der Waals surface area contributed by atoms with Gasteiger partial charge in [-0.05, 0) is 23.8 Å². The van der Waals surface area contributed by atoms with Gasteiger partial charge in [-0.1, -0.05) is 41.6 Å². The van der Waals surface area contributed by atoms with Crippen LogP contribution in [0.4, 0.5) is 5.69 Å². The van der Waals surface area contributed by atoms with Gasteiger partial charge in [-0.15, -0.1) is 0 Å². The minimum atomic E-state index is -1.12. The van der Waals surface area contributed by atoms with E-state index < -0.39 is 5.97 Å². The first-order valence-electron chi connectivity index (χ1n) is 5.66. The maximum absolute atomic E-state index is 11.4. The average Bonchev–Trinajstić information content (AvgIpc) is 2.42. The predicted molar refractivity (Wildman–Crippen MR) is 75.5 cm³/mol. The number of rotatable bonds is 4. The molecule has 0 unspecified atom stereocenters. The third kappa shape index (κ3) is 3.27. The van der Waals surface area contributed by atoms with Crippen LogP contribution < -0.4 is 10.5 Å². The lowest BCUT2D eigenvalue weighted by molar-refractivity contribution is -0.268. The van der Waals surface area contributed by atoms with Crippen LogP contribution in [-0.4, -0.2) is 17.3 Å². The topological polar surface area (TPSA) is 84.8 Å². The molecule has 0 spiro atoms. The van der Waals surface area contributed by atoms with Gasteiger partial charge in [0.2, 0.25) is 0 Å². The van der Waals surface area contributed by atoms with Gasteiger partial charge in [0.25, 0.3) is 0 Å². The Bertz CT molecular complexity index is 671. The van der Waals surface area contributed by atoms with Crippen LogP contribution in [0.3, 0.4) is 0 Å². The van der Waals surface area contributed by atoms with Crippen LogP contribution in [0.5, 0.6) is 5.75 Å². The number of carboxylic acids is 1. The van der Waals surface area contributed by atoms with Gasteiger partial charge < -0.3 is 10.2 Å². The molecule has 2 aromatic carbocycles. The number of anilines is 1. The van der Waals surface area contributed by atoms with E-state index in [1.807, 2.05) is 0 Å². The molecule has 0 saturated carbocycles. The number of aromatic carboxylic acids is 1. The summed E-state index contributed by atoms with van der Waals surface area (Å²) in [5, 5.41) is 24.4. The van der Waals surface area contributed by atoms with E-state index in [1.54, 1.807) is 24.3 Å². The predicted octanol–water partition coefficient (Wildman–Crippen LogP) is 2.56. The maximum Gasteiger partial charge on any atom is 0.337 e. The molecular formula is C14H10ClN2O3-. The summed E-state index contributed by atoms with van der Waals surface area (Å²) in [5.74, 6) is -1.26. The summed E-state index contributed by atoms with van der Waals surface area (Å²) in [6, 6.07) is 10.9. The van der Waals surface area contributed by atoms with Crippen LogP contribution in [0.1, 0.15) is 15.9 Å². The number of halogens is 1.